The van der Waals surface area contributed by atoms with Gasteiger partial charge in [-0.15, -0.1) is 11.8 Å². The number of carbonyl (C=O) groups is 3. The molecule has 1 amide bonds. The Labute approximate surface area is 216 Å². The van der Waals surface area contributed by atoms with E-state index in [1.54, 1.807) is 28.8 Å². The highest BCUT2D eigenvalue weighted by atomic mass is 32.2. The predicted octanol–water partition coefficient (Wildman–Crippen LogP) is 4.69. The molecule has 8 heteroatoms. The van der Waals surface area contributed by atoms with Crippen LogP contribution in [-0.2, 0) is 25.5 Å². The summed E-state index contributed by atoms with van der Waals surface area (Å²) < 4.78 is 11.1. The number of amides is 1. The Balaban J connectivity index is 1.22. The summed E-state index contributed by atoms with van der Waals surface area (Å²) >= 11 is 1.73. The number of benzene rings is 1. The molecule has 0 N–H and O–H groups in total. The molecule has 0 spiro atoms. The van der Waals surface area contributed by atoms with Crippen LogP contribution in [0.5, 0.6) is 0 Å². The molecule has 0 radical (unpaired) electrons. The molecule has 1 saturated heterocycles. The molecule has 3 unspecified atom stereocenters. The Bertz CT molecular complexity index is 1070. The number of ketones is 1. The summed E-state index contributed by atoms with van der Waals surface area (Å²) in [5, 5.41) is -0.125. The first-order chi connectivity index (χ1) is 17.5. The van der Waals surface area contributed by atoms with Gasteiger partial charge in [-0.25, -0.2) is 0 Å². The maximum absolute atomic E-state index is 13.7. The van der Waals surface area contributed by atoms with Crippen molar-refractivity contribution in [2.75, 3.05) is 19.8 Å². The lowest BCUT2D eigenvalue weighted by molar-refractivity contribution is -0.142. The second kappa shape index (κ2) is 11.3. The van der Waals surface area contributed by atoms with E-state index in [-0.39, 0.29) is 42.1 Å². The minimum atomic E-state index is -0.459. The van der Waals surface area contributed by atoms with Crippen LogP contribution >= 0.6 is 11.8 Å². The number of Topliss-reactive ketones (excluding diaryl/α,β-unsaturated/α-hetero) is 1. The van der Waals surface area contributed by atoms with E-state index in [4.69, 9.17) is 14.5 Å². The minimum absolute atomic E-state index is 0.00762. The van der Waals surface area contributed by atoms with Gasteiger partial charge < -0.3 is 9.47 Å². The Hall–Kier alpha value is -2.45. The van der Waals surface area contributed by atoms with Gasteiger partial charge in [0, 0.05) is 18.6 Å². The predicted molar refractivity (Wildman–Crippen MR) is 139 cm³/mol. The summed E-state index contributed by atoms with van der Waals surface area (Å²) in [6.07, 6.45) is 7.54. The quantitative estimate of drug-likeness (QED) is 0.354. The molecule has 3 aliphatic heterocycles. The van der Waals surface area contributed by atoms with E-state index in [0.29, 0.717) is 24.4 Å². The maximum atomic E-state index is 13.7. The second-order valence-electron chi connectivity index (χ2n) is 9.91. The topological polar surface area (TPSA) is 85.3 Å². The fraction of sp³-hybridized carbons (Fsp3) is 0.571. The Morgan fingerprint density at radius 3 is 2.72 bits per heavy atom. The van der Waals surface area contributed by atoms with Crippen LogP contribution in [0.2, 0.25) is 0 Å². The second-order valence-corrected chi connectivity index (χ2v) is 11.1. The lowest BCUT2D eigenvalue weighted by Gasteiger charge is -2.35. The van der Waals surface area contributed by atoms with Crippen LogP contribution in [-0.4, -0.2) is 59.6 Å². The van der Waals surface area contributed by atoms with E-state index in [0.717, 1.165) is 50.7 Å². The van der Waals surface area contributed by atoms with Gasteiger partial charge in [-0.2, -0.15) is 0 Å². The summed E-state index contributed by atoms with van der Waals surface area (Å²) in [6, 6.07) is 7.36. The number of thioether (sulfide) groups is 1. The van der Waals surface area contributed by atoms with Crippen molar-refractivity contribution in [1.82, 2.24) is 4.90 Å². The molecule has 3 atom stereocenters. The van der Waals surface area contributed by atoms with Gasteiger partial charge in [-0.05, 0) is 61.0 Å². The summed E-state index contributed by atoms with van der Waals surface area (Å²) in [5.74, 6) is -0.127. The monoisotopic (exact) mass is 510 g/mol. The van der Waals surface area contributed by atoms with Crippen LogP contribution in [0.1, 0.15) is 74.2 Å². The molecule has 1 aliphatic carbocycles. The number of carbonyl (C=O) groups excluding carboxylic acids is 3. The number of hydrogen-bond acceptors (Lipinski definition) is 7. The van der Waals surface area contributed by atoms with Crippen LogP contribution in [0.3, 0.4) is 0 Å². The highest BCUT2D eigenvalue weighted by Crippen LogP contribution is 2.51. The van der Waals surface area contributed by atoms with Crippen LogP contribution in [0.15, 0.2) is 39.7 Å². The summed E-state index contributed by atoms with van der Waals surface area (Å²) in [4.78, 5) is 46.7. The highest BCUT2D eigenvalue weighted by molar-refractivity contribution is 8.04. The fourth-order valence-electron chi connectivity index (χ4n) is 5.46. The Morgan fingerprint density at radius 2 is 1.97 bits per heavy atom. The molecular formula is C28H34N2O5S. The summed E-state index contributed by atoms with van der Waals surface area (Å²) in [6.45, 7) is 2.97. The minimum Gasteiger partial charge on any atom is -0.457 e. The van der Waals surface area contributed by atoms with Crippen molar-refractivity contribution in [3.63, 3.8) is 0 Å². The van der Waals surface area contributed by atoms with Crippen molar-refractivity contribution in [2.24, 2.45) is 10.9 Å². The number of fused-ring (bicyclic) bond motifs is 2. The smallest absolute Gasteiger partial charge is 0.306 e. The molecule has 0 aromatic heterocycles. The summed E-state index contributed by atoms with van der Waals surface area (Å²) in [5.41, 5.74) is 2.97. The number of amidine groups is 1. The standard InChI is InChI=1S/C28H34N2O5S/c1-2-18-9-11-19(12-10-18)22(31)17-35-25(32)14-13-24-29-27-26(21-7-3-4-8-23(21)36-27)28(33)30(24)16-20-6-5-15-34-20/h9-12,20,26-27H,2-8,13-17H2,1H3. The fourth-order valence-corrected chi connectivity index (χ4v) is 6.99. The van der Waals surface area contributed by atoms with Crippen LogP contribution in [0.25, 0.3) is 0 Å². The van der Waals surface area contributed by atoms with Crippen molar-refractivity contribution < 1.29 is 23.9 Å². The third-order valence-electron chi connectivity index (χ3n) is 7.51. The van der Waals surface area contributed by atoms with Crippen molar-refractivity contribution in [3.05, 3.63) is 45.9 Å². The van der Waals surface area contributed by atoms with Gasteiger partial charge in [-0.1, -0.05) is 31.2 Å². The van der Waals surface area contributed by atoms with Crippen molar-refractivity contribution in [3.8, 4) is 0 Å². The average molecular weight is 511 g/mol. The number of aryl methyl sites for hydroxylation is 1. The zero-order valence-electron chi connectivity index (χ0n) is 20.9. The van der Waals surface area contributed by atoms with Gasteiger partial charge in [0.25, 0.3) is 0 Å². The van der Waals surface area contributed by atoms with Gasteiger partial charge >= 0.3 is 5.97 Å². The number of ether oxygens (including phenoxy) is 2. The largest absolute Gasteiger partial charge is 0.457 e. The van der Waals surface area contributed by atoms with Crippen molar-refractivity contribution >= 4 is 35.3 Å². The van der Waals surface area contributed by atoms with Gasteiger partial charge in [0.15, 0.2) is 12.4 Å². The SMILES string of the molecule is CCc1ccc(C(=O)COC(=O)CCC2=NC3SC4=C(CCCC4)C3C(=O)N2CC2CCCO2)cc1. The lowest BCUT2D eigenvalue weighted by atomic mass is 9.87. The van der Waals surface area contributed by atoms with E-state index >= 15 is 0 Å². The van der Waals surface area contributed by atoms with Crippen LogP contribution in [0.4, 0.5) is 0 Å². The maximum Gasteiger partial charge on any atom is 0.306 e. The lowest BCUT2D eigenvalue weighted by Crippen LogP contribution is -2.50. The zero-order valence-corrected chi connectivity index (χ0v) is 21.7. The number of aliphatic imine (C=N–C) groups is 1. The number of hydrogen-bond donors (Lipinski definition) is 0. The van der Waals surface area contributed by atoms with Crippen molar-refractivity contribution in [2.45, 2.75) is 76.2 Å². The third kappa shape index (κ3) is 5.44. The molecule has 192 valence electrons. The van der Waals surface area contributed by atoms with E-state index in [9.17, 15) is 14.4 Å². The molecule has 3 heterocycles. The number of esters is 1. The number of allylic oxidation sites excluding steroid dienone is 1. The van der Waals surface area contributed by atoms with Crippen LogP contribution in [0, 0.1) is 5.92 Å². The van der Waals surface area contributed by atoms with Gasteiger partial charge in [-0.3, -0.25) is 24.3 Å². The molecule has 1 aromatic carbocycles. The molecule has 0 saturated carbocycles. The number of rotatable bonds is 9. The molecule has 1 fully saturated rings. The van der Waals surface area contributed by atoms with E-state index in [2.05, 4.69) is 6.92 Å². The van der Waals surface area contributed by atoms with Gasteiger partial charge in [0.2, 0.25) is 5.91 Å². The van der Waals surface area contributed by atoms with Gasteiger partial charge in [0.05, 0.1) is 25.0 Å². The van der Waals surface area contributed by atoms with E-state index in [1.165, 1.54) is 16.9 Å². The molecule has 4 aliphatic rings. The molecule has 0 bridgehead atoms. The Kier molecular flexibility index (Phi) is 7.91. The molecular weight excluding hydrogens is 476 g/mol. The molecule has 1 aromatic rings. The first-order valence-electron chi connectivity index (χ1n) is 13.2. The van der Waals surface area contributed by atoms with Crippen molar-refractivity contribution in [1.29, 1.82) is 0 Å². The molecule has 7 nitrogen and oxygen atoms in total. The Morgan fingerprint density at radius 1 is 1.17 bits per heavy atom. The van der Waals surface area contributed by atoms with E-state index in [1.807, 2.05) is 12.1 Å². The third-order valence-corrected chi connectivity index (χ3v) is 8.88. The number of nitrogens with zero attached hydrogens (tertiary/aromatic N) is 2. The molecule has 36 heavy (non-hydrogen) atoms. The highest BCUT2D eigenvalue weighted by Gasteiger charge is 2.47. The van der Waals surface area contributed by atoms with Crippen LogP contribution < -0.4 is 0 Å². The van der Waals surface area contributed by atoms with E-state index < -0.39 is 5.97 Å². The summed E-state index contributed by atoms with van der Waals surface area (Å²) in [7, 11) is 0. The first-order valence-corrected chi connectivity index (χ1v) is 14.1. The average Bonchev–Trinajstić information content (AvgIpc) is 3.55. The normalized spacial score (nSPS) is 25.5. The first kappa shape index (κ1) is 25.2. The van der Waals surface area contributed by atoms with Gasteiger partial charge in [0.1, 0.15) is 11.2 Å². The molecule has 5 rings (SSSR count). The zero-order chi connectivity index (χ0) is 25.1.